The van der Waals surface area contributed by atoms with Gasteiger partial charge in [0, 0.05) is 43.9 Å². The molecule has 0 heterocycles. The summed E-state index contributed by atoms with van der Waals surface area (Å²) < 4.78 is 5.92. The fourth-order valence-corrected chi connectivity index (χ4v) is 4.72. The molecule has 0 spiro atoms. The first-order valence-corrected chi connectivity index (χ1v) is 11.9. The van der Waals surface area contributed by atoms with Gasteiger partial charge in [0.1, 0.15) is 12.4 Å². The van der Waals surface area contributed by atoms with E-state index >= 15 is 0 Å². The van der Waals surface area contributed by atoms with E-state index in [-0.39, 0.29) is 6.04 Å². The van der Waals surface area contributed by atoms with Crippen molar-refractivity contribution in [1.29, 1.82) is 0 Å². The quantitative estimate of drug-likeness (QED) is 0.235. The molecule has 0 aliphatic heterocycles. The number of halogens is 4. The van der Waals surface area contributed by atoms with Gasteiger partial charge in [-0.25, -0.2) is 0 Å². The van der Waals surface area contributed by atoms with Crippen molar-refractivity contribution < 1.29 is 4.74 Å². The van der Waals surface area contributed by atoms with E-state index in [1.54, 1.807) is 17.8 Å². The van der Waals surface area contributed by atoms with E-state index < -0.39 is 0 Å². The molecule has 3 rings (SSSR count). The lowest BCUT2D eigenvalue weighted by molar-refractivity contribution is 0.306. The van der Waals surface area contributed by atoms with Crippen LogP contribution in [0.3, 0.4) is 0 Å². The Hall–Kier alpha value is -1.07. The molecule has 3 aromatic rings. The molecule has 1 atom stereocenters. The van der Waals surface area contributed by atoms with E-state index in [2.05, 4.69) is 18.3 Å². The minimum absolute atomic E-state index is 0.174. The highest BCUT2D eigenvalue weighted by atomic mass is 35.5. The van der Waals surface area contributed by atoms with Gasteiger partial charge in [-0.2, -0.15) is 0 Å². The molecule has 7 heteroatoms. The van der Waals surface area contributed by atoms with Gasteiger partial charge in [0.2, 0.25) is 0 Å². The van der Waals surface area contributed by atoms with Crippen molar-refractivity contribution in [3.8, 4) is 5.75 Å². The molecule has 0 saturated heterocycles. The number of thioether (sulfide) groups is 1. The summed E-state index contributed by atoms with van der Waals surface area (Å²) in [6.45, 7) is 3.27. The Kier molecular flexibility index (Phi) is 9.06. The van der Waals surface area contributed by atoms with Crippen LogP contribution in [0.2, 0.25) is 20.1 Å². The minimum Gasteiger partial charge on any atom is -0.489 e. The zero-order valence-corrected chi connectivity index (χ0v) is 20.1. The first-order chi connectivity index (χ1) is 14.4. The van der Waals surface area contributed by atoms with Gasteiger partial charge < -0.3 is 10.1 Å². The standard InChI is InChI=1S/C23H21Cl4NOS/c1-15(28-10-11-30-23-13-17(24)8-9-22(23)27)16-4-2-5-18(12-16)29-14-19-20(25)6-3-7-21(19)26/h2-9,12-13,15,28H,10-11,14H2,1H3. The lowest BCUT2D eigenvalue weighted by Gasteiger charge is -2.16. The van der Waals surface area contributed by atoms with Crippen molar-refractivity contribution in [3.63, 3.8) is 0 Å². The molecular formula is C23H21Cl4NOS. The van der Waals surface area contributed by atoms with Gasteiger partial charge in [-0.3, -0.25) is 0 Å². The molecule has 0 fully saturated rings. The van der Waals surface area contributed by atoms with Crippen LogP contribution >= 0.6 is 58.2 Å². The van der Waals surface area contributed by atoms with Crippen LogP contribution in [0.5, 0.6) is 5.75 Å². The van der Waals surface area contributed by atoms with Crippen LogP contribution in [-0.4, -0.2) is 12.3 Å². The second-order valence-corrected chi connectivity index (χ2v) is 9.46. The van der Waals surface area contributed by atoms with Crippen molar-refractivity contribution in [1.82, 2.24) is 5.32 Å². The van der Waals surface area contributed by atoms with E-state index in [0.717, 1.165) is 39.1 Å². The monoisotopic (exact) mass is 499 g/mol. The van der Waals surface area contributed by atoms with Crippen molar-refractivity contribution >= 4 is 58.2 Å². The fraction of sp³-hybridized carbons (Fsp3) is 0.217. The zero-order chi connectivity index (χ0) is 21.5. The predicted molar refractivity (Wildman–Crippen MR) is 131 cm³/mol. The molecule has 2 nitrogen and oxygen atoms in total. The average Bonchev–Trinajstić information content (AvgIpc) is 2.73. The third-order valence-corrected chi connectivity index (χ3v) is 6.95. The number of rotatable bonds is 9. The molecule has 0 saturated carbocycles. The van der Waals surface area contributed by atoms with Gasteiger partial charge in [-0.15, -0.1) is 11.8 Å². The van der Waals surface area contributed by atoms with Gasteiger partial charge in [0.05, 0.1) is 5.02 Å². The largest absolute Gasteiger partial charge is 0.489 e. The van der Waals surface area contributed by atoms with E-state index in [4.69, 9.17) is 51.1 Å². The van der Waals surface area contributed by atoms with Crippen LogP contribution < -0.4 is 10.1 Å². The molecular weight excluding hydrogens is 480 g/mol. The Labute approximate surface area is 201 Å². The maximum absolute atomic E-state index is 6.22. The Morgan fingerprint density at radius 2 is 1.63 bits per heavy atom. The summed E-state index contributed by atoms with van der Waals surface area (Å²) in [4.78, 5) is 0.993. The third-order valence-electron chi connectivity index (χ3n) is 4.51. The van der Waals surface area contributed by atoms with Crippen LogP contribution in [0.25, 0.3) is 0 Å². The fourth-order valence-electron chi connectivity index (χ4n) is 2.84. The third kappa shape index (κ3) is 6.71. The van der Waals surface area contributed by atoms with Crippen molar-refractivity contribution in [2.75, 3.05) is 12.3 Å². The molecule has 0 aromatic heterocycles. The summed E-state index contributed by atoms with van der Waals surface area (Å²) >= 11 is 26.4. The molecule has 0 radical (unpaired) electrons. The number of ether oxygens (including phenoxy) is 1. The van der Waals surface area contributed by atoms with Crippen LogP contribution in [0.15, 0.2) is 65.6 Å². The second-order valence-electron chi connectivity index (χ2n) is 6.66. The Balaban J connectivity index is 1.51. The zero-order valence-electron chi connectivity index (χ0n) is 16.3. The highest BCUT2D eigenvalue weighted by molar-refractivity contribution is 7.99. The first-order valence-electron chi connectivity index (χ1n) is 9.41. The number of hydrogen-bond donors (Lipinski definition) is 1. The molecule has 0 aliphatic carbocycles. The Bertz CT molecular complexity index is 978. The summed E-state index contributed by atoms with van der Waals surface area (Å²) in [5.74, 6) is 1.66. The van der Waals surface area contributed by atoms with Crippen molar-refractivity contribution in [3.05, 3.63) is 91.9 Å². The number of hydrogen-bond acceptors (Lipinski definition) is 3. The van der Waals surface area contributed by atoms with Crippen molar-refractivity contribution in [2.24, 2.45) is 0 Å². The second kappa shape index (κ2) is 11.5. The van der Waals surface area contributed by atoms with Crippen LogP contribution in [0.1, 0.15) is 24.1 Å². The summed E-state index contributed by atoms with van der Waals surface area (Å²) in [5.41, 5.74) is 1.93. The number of benzene rings is 3. The lowest BCUT2D eigenvalue weighted by atomic mass is 10.1. The molecule has 30 heavy (non-hydrogen) atoms. The SMILES string of the molecule is CC(NCCSc1cc(Cl)ccc1Cl)c1cccc(OCc2c(Cl)cccc2Cl)c1. The summed E-state index contributed by atoms with van der Waals surface area (Å²) in [6, 6.07) is 19.1. The molecule has 1 unspecified atom stereocenters. The predicted octanol–water partition coefficient (Wildman–Crippen LogP) is 8.32. The molecule has 0 aliphatic rings. The maximum atomic E-state index is 6.22. The van der Waals surface area contributed by atoms with Crippen LogP contribution in [0.4, 0.5) is 0 Å². The van der Waals surface area contributed by atoms with Crippen molar-refractivity contribution in [2.45, 2.75) is 24.5 Å². The van der Waals surface area contributed by atoms with Gasteiger partial charge >= 0.3 is 0 Å². The first kappa shape index (κ1) is 23.6. The normalized spacial score (nSPS) is 12.0. The molecule has 0 bridgehead atoms. The molecule has 1 N–H and O–H groups in total. The average molecular weight is 501 g/mol. The highest BCUT2D eigenvalue weighted by Gasteiger charge is 2.09. The van der Waals surface area contributed by atoms with Gasteiger partial charge in [-0.05, 0) is 55.0 Å². The Morgan fingerprint density at radius 1 is 0.900 bits per heavy atom. The lowest BCUT2D eigenvalue weighted by Crippen LogP contribution is -2.21. The van der Waals surface area contributed by atoms with E-state index in [9.17, 15) is 0 Å². The molecule has 158 valence electrons. The van der Waals surface area contributed by atoms with E-state index in [1.165, 1.54) is 0 Å². The smallest absolute Gasteiger partial charge is 0.120 e. The summed E-state index contributed by atoms with van der Waals surface area (Å²) in [7, 11) is 0. The summed E-state index contributed by atoms with van der Waals surface area (Å²) in [5, 5.41) is 6.15. The van der Waals surface area contributed by atoms with Gasteiger partial charge in [0.25, 0.3) is 0 Å². The minimum atomic E-state index is 0.174. The van der Waals surface area contributed by atoms with Crippen LogP contribution in [0, 0.1) is 0 Å². The Morgan fingerprint density at radius 3 is 2.40 bits per heavy atom. The topological polar surface area (TPSA) is 21.3 Å². The van der Waals surface area contributed by atoms with Crippen LogP contribution in [-0.2, 0) is 6.61 Å². The van der Waals surface area contributed by atoms with E-state index in [1.807, 2.05) is 48.5 Å². The summed E-state index contributed by atoms with van der Waals surface area (Å²) in [6.07, 6.45) is 0. The van der Waals surface area contributed by atoms with Gasteiger partial charge in [0.15, 0.2) is 0 Å². The van der Waals surface area contributed by atoms with Gasteiger partial charge in [-0.1, -0.05) is 64.6 Å². The van der Waals surface area contributed by atoms with E-state index in [0.29, 0.717) is 21.7 Å². The maximum Gasteiger partial charge on any atom is 0.120 e. The molecule has 3 aromatic carbocycles. The molecule has 0 amide bonds. The number of nitrogens with one attached hydrogen (secondary N) is 1. The highest BCUT2D eigenvalue weighted by Crippen LogP contribution is 2.30.